The Labute approximate surface area is 149 Å². The maximum Gasteiger partial charge on any atom is 0.248 e. The van der Waals surface area contributed by atoms with E-state index in [2.05, 4.69) is 17.1 Å². The van der Waals surface area contributed by atoms with Crippen molar-refractivity contribution in [2.45, 2.75) is 38.8 Å². The van der Waals surface area contributed by atoms with Gasteiger partial charge in [0.2, 0.25) is 5.91 Å². The number of carbonyl (C=O) groups is 1. The molecule has 0 aliphatic carbocycles. The second kappa shape index (κ2) is 10.5. The quantitative estimate of drug-likeness (QED) is 0.694. The second-order valence-corrected chi connectivity index (χ2v) is 6.33. The van der Waals surface area contributed by atoms with Crippen LogP contribution in [0.25, 0.3) is 0 Å². The summed E-state index contributed by atoms with van der Waals surface area (Å²) in [6.07, 6.45) is 1.49. The number of nitrogens with zero attached hydrogens (tertiary/aromatic N) is 1. The molecule has 5 nitrogen and oxygen atoms in total. The molecule has 2 atom stereocenters. The topological polar surface area (TPSA) is 50.8 Å². The first-order valence-corrected chi connectivity index (χ1v) is 9.08. The molecule has 0 bridgehead atoms. The Bertz CT molecular complexity index is 535. The van der Waals surface area contributed by atoms with Crippen molar-refractivity contribution in [1.29, 1.82) is 0 Å². The van der Waals surface area contributed by atoms with Crippen LogP contribution >= 0.6 is 0 Å². The molecule has 2 unspecified atom stereocenters. The lowest BCUT2D eigenvalue weighted by molar-refractivity contribution is -0.132. The first kappa shape index (κ1) is 19.8. The predicted molar refractivity (Wildman–Crippen MR) is 94.9 cm³/mol. The van der Waals surface area contributed by atoms with Gasteiger partial charge in [-0.25, -0.2) is 4.39 Å². The first-order chi connectivity index (χ1) is 12.1. The summed E-state index contributed by atoms with van der Waals surface area (Å²) in [5.74, 6) is -0.399. The molecule has 1 saturated heterocycles. The molecule has 1 aromatic rings. The van der Waals surface area contributed by atoms with Gasteiger partial charge in [0.15, 0.2) is 0 Å². The molecular weight excluding hydrogens is 323 g/mol. The largest absolute Gasteiger partial charge is 0.379 e. The molecule has 1 aliphatic heterocycles. The zero-order valence-electron chi connectivity index (χ0n) is 15.2. The van der Waals surface area contributed by atoms with Crippen LogP contribution in [-0.4, -0.2) is 56.4 Å². The number of morpholine rings is 1. The average molecular weight is 352 g/mol. The lowest BCUT2D eigenvalue weighted by atomic mass is 10.0. The highest BCUT2D eigenvalue weighted by Gasteiger charge is 2.24. The molecule has 1 heterocycles. The Balaban J connectivity index is 1.97. The third kappa shape index (κ3) is 6.38. The number of hydrogen-bond donors (Lipinski definition) is 1. The van der Waals surface area contributed by atoms with E-state index < -0.39 is 6.10 Å². The molecule has 1 N–H and O–H groups in total. The fourth-order valence-electron chi connectivity index (χ4n) is 2.88. The highest BCUT2D eigenvalue weighted by molar-refractivity contribution is 5.80. The van der Waals surface area contributed by atoms with Crippen LogP contribution in [0.5, 0.6) is 0 Å². The molecular formula is C19H29FN2O3. The fourth-order valence-corrected chi connectivity index (χ4v) is 2.88. The summed E-state index contributed by atoms with van der Waals surface area (Å²) in [5, 5.41) is 2.96. The van der Waals surface area contributed by atoms with E-state index in [1.807, 2.05) is 6.07 Å². The third-order valence-corrected chi connectivity index (χ3v) is 4.42. The molecule has 6 heteroatoms. The Morgan fingerprint density at radius 2 is 2.16 bits per heavy atom. The summed E-state index contributed by atoms with van der Waals surface area (Å²) in [6.45, 7) is 7.67. The Morgan fingerprint density at radius 1 is 1.40 bits per heavy atom. The number of amides is 1. The number of hydrogen-bond acceptors (Lipinski definition) is 4. The van der Waals surface area contributed by atoms with E-state index in [-0.39, 0.29) is 17.8 Å². The summed E-state index contributed by atoms with van der Waals surface area (Å²) >= 11 is 0. The Morgan fingerprint density at radius 3 is 2.84 bits per heavy atom. The molecule has 1 fully saturated rings. The number of carbonyl (C=O) groups excluding carboxylic acids is 1. The third-order valence-electron chi connectivity index (χ3n) is 4.42. The van der Waals surface area contributed by atoms with Crippen molar-refractivity contribution in [2.24, 2.45) is 0 Å². The standard InChI is InChI=1S/C19H29FN2O3/c1-3-4-10-25-15(2)19(23)21-14-18(22-8-11-24-12-9-22)16-6-5-7-17(20)13-16/h5-7,13,15,18H,3-4,8-12,14H2,1-2H3,(H,21,23). The van der Waals surface area contributed by atoms with Gasteiger partial charge in [0, 0.05) is 26.2 Å². The van der Waals surface area contributed by atoms with Gasteiger partial charge in [-0.15, -0.1) is 0 Å². The molecule has 0 spiro atoms. The Hall–Kier alpha value is -1.50. The van der Waals surface area contributed by atoms with E-state index in [0.29, 0.717) is 26.4 Å². The van der Waals surface area contributed by atoms with Gasteiger partial charge in [0.1, 0.15) is 11.9 Å². The number of rotatable bonds is 9. The van der Waals surface area contributed by atoms with Crippen LogP contribution in [0.3, 0.4) is 0 Å². The second-order valence-electron chi connectivity index (χ2n) is 6.33. The smallest absolute Gasteiger partial charge is 0.248 e. The highest BCUT2D eigenvalue weighted by atomic mass is 19.1. The van der Waals surface area contributed by atoms with Crippen LogP contribution < -0.4 is 5.32 Å². The van der Waals surface area contributed by atoms with Gasteiger partial charge in [-0.2, -0.15) is 0 Å². The normalized spacial score (nSPS) is 17.9. The number of nitrogens with one attached hydrogen (secondary N) is 1. The highest BCUT2D eigenvalue weighted by Crippen LogP contribution is 2.22. The minimum atomic E-state index is -0.482. The van der Waals surface area contributed by atoms with Gasteiger partial charge in [0.05, 0.1) is 19.3 Å². The summed E-state index contributed by atoms with van der Waals surface area (Å²) in [4.78, 5) is 14.5. The SMILES string of the molecule is CCCCOC(C)C(=O)NCC(c1cccc(F)c1)N1CCOCC1. The lowest BCUT2D eigenvalue weighted by Gasteiger charge is -2.35. The van der Waals surface area contributed by atoms with Crippen molar-refractivity contribution < 1.29 is 18.7 Å². The minimum Gasteiger partial charge on any atom is -0.379 e. The van der Waals surface area contributed by atoms with Crippen molar-refractivity contribution in [2.75, 3.05) is 39.5 Å². The maximum atomic E-state index is 13.6. The van der Waals surface area contributed by atoms with Crippen LogP contribution in [0, 0.1) is 5.82 Å². The monoisotopic (exact) mass is 352 g/mol. The zero-order valence-corrected chi connectivity index (χ0v) is 15.2. The van der Waals surface area contributed by atoms with E-state index in [0.717, 1.165) is 31.5 Å². The van der Waals surface area contributed by atoms with Gasteiger partial charge in [-0.3, -0.25) is 9.69 Å². The van der Waals surface area contributed by atoms with Gasteiger partial charge in [0.25, 0.3) is 0 Å². The summed E-state index contributed by atoms with van der Waals surface area (Å²) < 4.78 is 24.6. The number of halogens is 1. The lowest BCUT2D eigenvalue weighted by Crippen LogP contribution is -2.45. The number of benzene rings is 1. The first-order valence-electron chi connectivity index (χ1n) is 9.08. The van der Waals surface area contributed by atoms with Crippen LogP contribution in [0.1, 0.15) is 38.3 Å². The van der Waals surface area contributed by atoms with Gasteiger partial charge < -0.3 is 14.8 Å². The maximum absolute atomic E-state index is 13.6. The Kier molecular flexibility index (Phi) is 8.31. The molecule has 2 rings (SSSR count). The minimum absolute atomic E-state index is 0.0774. The zero-order chi connectivity index (χ0) is 18.1. The number of ether oxygens (including phenoxy) is 2. The van der Waals surface area contributed by atoms with Crippen LogP contribution in [0.2, 0.25) is 0 Å². The van der Waals surface area contributed by atoms with Crippen molar-refractivity contribution >= 4 is 5.91 Å². The summed E-state index contributed by atoms with van der Waals surface area (Å²) in [6, 6.07) is 6.49. The summed E-state index contributed by atoms with van der Waals surface area (Å²) in [5.41, 5.74) is 0.863. The molecule has 0 radical (unpaired) electrons. The van der Waals surface area contributed by atoms with E-state index in [9.17, 15) is 9.18 Å². The van der Waals surface area contributed by atoms with E-state index in [1.165, 1.54) is 12.1 Å². The predicted octanol–water partition coefficient (Wildman–Crippen LogP) is 2.52. The van der Waals surface area contributed by atoms with Gasteiger partial charge >= 0.3 is 0 Å². The van der Waals surface area contributed by atoms with Crippen LogP contribution in [-0.2, 0) is 14.3 Å². The molecule has 1 aromatic carbocycles. The molecule has 1 amide bonds. The van der Waals surface area contributed by atoms with E-state index >= 15 is 0 Å². The fraction of sp³-hybridized carbons (Fsp3) is 0.632. The van der Waals surface area contributed by atoms with Crippen molar-refractivity contribution in [3.8, 4) is 0 Å². The van der Waals surface area contributed by atoms with E-state index in [1.54, 1.807) is 13.0 Å². The number of unbranched alkanes of at least 4 members (excludes halogenated alkanes) is 1. The molecule has 0 aromatic heterocycles. The van der Waals surface area contributed by atoms with Crippen molar-refractivity contribution in [3.63, 3.8) is 0 Å². The van der Waals surface area contributed by atoms with Crippen LogP contribution in [0.15, 0.2) is 24.3 Å². The van der Waals surface area contributed by atoms with Gasteiger partial charge in [-0.1, -0.05) is 25.5 Å². The van der Waals surface area contributed by atoms with Crippen LogP contribution in [0.4, 0.5) is 4.39 Å². The molecule has 1 aliphatic rings. The average Bonchev–Trinajstić information content (AvgIpc) is 2.63. The molecule has 140 valence electrons. The van der Waals surface area contributed by atoms with E-state index in [4.69, 9.17) is 9.47 Å². The molecule has 25 heavy (non-hydrogen) atoms. The van der Waals surface area contributed by atoms with Crippen molar-refractivity contribution in [1.82, 2.24) is 10.2 Å². The summed E-state index contributed by atoms with van der Waals surface area (Å²) in [7, 11) is 0. The van der Waals surface area contributed by atoms with Gasteiger partial charge in [-0.05, 0) is 31.0 Å². The molecule has 0 saturated carbocycles. The van der Waals surface area contributed by atoms with Crippen molar-refractivity contribution in [3.05, 3.63) is 35.6 Å².